The van der Waals surface area contributed by atoms with Crippen molar-refractivity contribution in [1.82, 2.24) is 0 Å². The van der Waals surface area contributed by atoms with Gasteiger partial charge in [-0.1, -0.05) is 0 Å². The number of rotatable bonds is 1. The Labute approximate surface area is 109 Å². The third kappa shape index (κ3) is 2.47. The predicted octanol–water partition coefficient (Wildman–Crippen LogP) is -4.15. The second-order valence-electron chi connectivity index (χ2n) is 3.10. The van der Waals surface area contributed by atoms with Crippen LogP contribution >= 0.6 is 0 Å². The van der Waals surface area contributed by atoms with E-state index in [1.165, 1.54) is 11.1 Å². The number of hydrogen-bond acceptors (Lipinski definition) is 0. The molecular formula is C10H11Cl2SiV. The first-order valence-corrected chi connectivity index (χ1v) is 7.23. The van der Waals surface area contributed by atoms with Gasteiger partial charge in [-0.15, -0.1) is 0 Å². The van der Waals surface area contributed by atoms with Crippen molar-refractivity contribution in [2.45, 2.75) is 11.2 Å². The molecule has 0 N–H and O–H groups in total. The minimum Gasteiger partial charge on any atom is -1.00 e. The maximum Gasteiger partial charge on any atom is -1.00 e. The minimum atomic E-state index is 0. The molecule has 74 valence electrons. The van der Waals surface area contributed by atoms with Gasteiger partial charge in [0.05, 0.1) is 0 Å². The van der Waals surface area contributed by atoms with E-state index in [2.05, 4.69) is 54.3 Å². The molecule has 0 aromatic heterocycles. The van der Waals surface area contributed by atoms with Gasteiger partial charge in [-0.25, -0.2) is 0 Å². The van der Waals surface area contributed by atoms with Crippen LogP contribution in [0.15, 0.2) is 29.5 Å². The van der Waals surface area contributed by atoms with Gasteiger partial charge in [-0.2, -0.15) is 0 Å². The summed E-state index contributed by atoms with van der Waals surface area (Å²) < 4.78 is 0.644. The molecule has 0 saturated carbocycles. The van der Waals surface area contributed by atoms with Crippen molar-refractivity contribution in [3.8, 4) is 0 Å². The second-order valence-corrected chi connectivity index (χ2v) is 5.43. The SMILES string of the molecule is C[SiH2]C1=Cc2ccccc2[CH]1[V+2].[Cl-].[Cl-]. The van der Waals surface area contributed by atoms with Crippen molar-refractivity contribution >= 4 is 15.6 Å². The van der Waals surface area contributed by atoms with Crippen LogP contribution in [0.1, 0.15) is 15.8 Å². The molecule has 1 aromatic rings. The Morgan fingerprint density at radius 2 is 1.86 bits per heavy atom. The van der Waals surface area contributed by atoms with E-state index in [-0.39, 0.29) is 34.3 Å². The van der Waals surface area contributed by atoms with Gasteiger partial charge in [0.25, 0.3) is 0 Å². The third-order valence-corrected chi connectivity index (χ3v) is 5.32. The zero-order valence-electron chi connectivity index (χ0n) is 7.87. The molecule has 4 heteroatoms. The monoisotopic (exact) mass is 280 g/mol. The summed E-state index contributed by atoms with van der Waals surface area (Å²) >= 11 is 2.80. The van der Waals surface area contributed by atoms with Gasteiger partial charge in [-0.3, -0.25) is 0 Å². The van der Waals surface area contributed by atoms with E-state index in [1.54, 1.807) is 5.20 Å². The molecule has 14 heavy (non-hydrogen) atoms. The normalized spacial score (nSPS) is 18.3. The quantitative estimate of drug-likeness (QED) is 0.459. The molecule has 0 bridgehead atoms. The molecule has 1 aromatic carbocycles. The summed E-state index contributed by atoms with van der Waals surface area (Å²) in [4.78, 5) is 0. The first-order valence-electron chi connectivity index (χ1n) is 4.30. The number of hydrogen-bond donors (Lipinski definition) is 0. The van der Waals surface area contributed by atoms with E-state index in [4.69, 9.17) is 0 Å². The molecule has 0 fully saturated rings. The van der Waals surface area contributed by atoms with Crippen LogP contribution in [0, 0.1) is 0 Å². The number of fused-ring (bicyclic) bond motifs is 1. The van der Waals surface area contributed by atoms with Crippen molar-refractivity contribution in [3.05, 3.63) is 40.6 Å². The van der Waals surface area contributed by atoms with Crippen molar-refractivity contribution in [1.29, 1.82) is 0 Å². The topological polar surface area (TPSA) is 0 Å². The van der Waals surface area contributed by atoms with E-state index >= 15 is 0 Å². The zero-order chi connectivity index (χ0) is 8.55. The summed E-state index contributed by atoms with van der Waals surface area (Å²) in [7, 11) is 0.0245. The van der Waals surface area contributed by atoms with E-state index < -0.39 is 0 Å². The van der Waals surface area contributed by atoms with Crippen LogP contribution in [0.4, 0.5) is 0 Å². The Morgan fingerprint density at radius 3 is 2.43 bits per heavy atom. The Hall–Kier alpha value is 0.341. The fourth-order valence-electron chi connectivity index (χ4n) is 1.67. The summed E-state index contributed by atoms with van der Waals surface area (Å²) in [6.07, 6.45) is 2.38. The molecule has 1 aliphatic rings. The molecule has 0 radical (unpaired) electrons. The Kier molecular flexibility index (Phi) is 6.19. The molecule has 0 heterocycles. The van der Waals surface area contributed by atoms with E-state index in [0.29, 0.717) is 4.63 Å². The second kappa shape index (κ2) is 6.04. The zero-order valence-corrected chi connectivity index (χ0v) is 12.2. The van der Waals surface area contributed by atoms with Gasteiger partial charge in [0.2, 0.25) is 0 Å². The third-order valence-electron chi connectivity index (χ3n) is 2.39. The number of halogens is 2. The molecule has 0 spiro atoms. The van der Waals surface area contributed by atoms with Crippen LogP contribution in [0.5, 0.6) is 0 Å². The molecule has 1 aliphatic carbocycles. The summed E-state index contributed by atoms with van der Waals surface area (Å²) in [5.74, 6) is 0. The van der Waals surface area contributed by atoms with Crippen LogP contribution in [0.3, 0.4) is 0 Å². The molecule has 0 nitrogen and oxygen atoms in total. The largest absolute Gasteiger partial charge is 1.00 e. The molecule has 0 aliphatic heterocycles. The van der Waals surface area contributed by atoms with Crippen molar-refractivity contribution < 1.29 is 42.2 Å². The van der Waals surface area contributed by atoms with Crippen LogP contribution in [-0.4, -0.2) is 9.52 Å². The summed E-state index contributed by atoms with van der Waals surface area (Å²) in [5.41, 5.74) is 2.94. The van der Waals surface area contributed by atoms with E-state index in [1.807, 2.05) is 0 Å². The average molecular weight is 281 g/mol. The maximum absolute atomic E-state index is 2.80. The minimum absolute atomic E-state index is 0. The first-order chi connectivity index (χ1) is 5.83. The summed E-state index contributed by atoms with van der Waals surface area (Å²) in [5, 5.41) is 1.68. The van der Waals surface area contributed by atoms with Crippen molar-refractivity contribution in [2.75, 3.05) is 0 Å². The fourth-order valence-corrected chi connectivity index (χ4v) is 4.03. The number of allylic oxidation sites excluding steroid dienone is 1. The van der Waals surface area contributed by atoms with Crippen molar-refractivity contribution in [3.63, 3.8) is 0 Å². The molecule has 1 atom stereocenters. The summed E-state index contributed by atoms with van der Waals surface area (Å²) in [6, 6.07) is 8.71. The van der Waals surface area contributed by atoms with Crippen LogP contribution in [0.2, 0.25) is 6.55 Å². The van der Waals surface area contributed by atoms with Gasteiger partial charge in [0, 0.05) is 0 Å². The standard InChI is InChI=1S/C10H11Si.2ClH.V/c1-11-10-6-8-4-2-3-5-9(8)7-10;;;/h2-7H,11H2,1H3;2*1H;/q;;;+2/p-2. The van der Waals surface area contributed by atoms with Crippen molar-refractivity contribution in [2.24, 2.45) is 0 Å². The molecule has 0 amide bonds. The molecule has 0 saturated heterocycles. The summed E-state index contributed by atoms with van der Waals surface area (Å²) in [6.45, 7) is 2.36. The fraction of sp³-hybridized carbons (Fsp3) is 0.200. The van der Waals surface area contributed by atoms with Gasteiger partial charge >= 0.3 is 84.8 Å². The molecule has 2 rings (SSSR count). The van der Waals surface area contributed by atoms with Gasteiger partial charge in [0.1, 0.15) is 0 Å². The van der Waals surface area contributed by atoms with Crippen LogP contribution in [-0.2, 0) is 17.4 Å². The Bertz CT molecular complexity index is 339. The van der Waals surface area contributed by atoms with Gasteiger partial charge in [0.15, 0.2) is 0 Å². The smallest absolute Gasteiger partial charge is 1.00 e. The average Bonchev–Trinajstić information content (AvgIpc) is 2.44. The van der Waals surface area contributed by atoms with E-state index in [0.717, 1.165) is 0 Å². The Balaban J connectivity index is 0.000000845. The predicted molar refractivity (Wildman–Crippen MR) is 51.6 cm³/mol. The van der Waals surface area contributed by atoms with Crippen LogP contribution in [0.25, 0.3) is 6.08 Å². The van der Waals surface area contributed by atoms with Gasteiger partial charge in [-0.05, 0) is 0 Å². The molecular weight excluding hydrogens is 270 g/mol. The first kappa shape index (κ1) is 14.3. The van der Waals surface area contributed by atoms with E-state index in [9.17, 15) is 0 Å². The Morgan fingerprint density at radius 1 is 1.21 bits per heavy atom. The molecule has 1 unspecified atom stereocenters. The van der Waals surface area contributed by atoms with Gasteiger partial charge < -0.3 is 24.8 Å². The van der Waals surface area contributed by atoms with Crippen LogP contribution < -0.4 is 24.8 Å². The maximum atomic E-state index is 2.80. The number of benzene rings is 1.